The molecule has 9 nitrogen and oxygen atoms in total. The second-order valence-electron chi connectivity index (χ2n) is 9.28. The molecule has 176 valence electrons. The van der Waals surface area contributed by atoms with E-state index in [1.807, 2.05) is 0 Å². The number of aromatic nitrogens is 4. The molecular weight excluding hydrogens is 432 g/mol. The van der Waals surface area contributed by atoms with Gasteiger partial charge in [-0.25, -0.2) is 13.8 Å². The molecule has 0 aromatic carbocycles. The lowest BCUT2D eigenvalue weighted by Crippen LogP contribution is -2.49. The van der Waals surface area contributed by atoms with Crippen LogP contribution < -0.4 is 15.5 Å². The Kier molecular flexibility index (Phi) is 5.25. The van der Waals surface area contributed by atoms with Crippen LogP contribution in [-0.4, -0.2) is 70.5 Å². The third kappa shape index (κ3) is 3.76. The Balaban J connectivity index is 1.48. The van der Waals surface area contributed by atoms with Gasteiger partial charge in [0.05, 0.1) is 44.1 Å². The highest BCUT2D eigenvalue weighted by Crippen LogP contribution is 2.37. The highest BCUT2D eigenvalue weighted by atomic mass is 19.3. The number of alkyl halides is 2. The van der Waals surface area contributed by atoms with Crippen LogP contribution in [0.3, 0.4) is 0 Å². The minimum absolute atomic E-state index is 0.0387. The van der Waals surface area contributed by atoms with E-state index in [-0.39, 0.29) is 47.0 Å². The number of nitrogens with two attached hydrogens (primary N) is 1. The molecule has 2 N–H and O–H groups in total. The van der Waals surface area contributed by atoms with Gasteiger partial charge in [-0.3, -0.25) is 0 Å². The van der Waals surface area contributed by atoms with E-state index in [4.69, 9.17) is 30.2 Å². The van der Waals surface area contributed by atoms with Gasteiger partial charge in [0, 0.05) is 23.9 Å². The van der Waals surface area contributed by atoms with E-state index in [0.717, 1.165) is 32.1 Å². The molecule has 2 aromatic rings. The fraction of sp³-hybridized carbons (Fsp3) is 0.636. The van der Waals surface area contributed by atoms with Crippen LogP contribution in [0.15, 0.2) is 12.3 Å². The largest absolute Gasteiger partial charge is 0.384 e. The molecule has 7 rings (SSSR count). The van der Waals surface area contributed by atoms with E-state index >= 15 is 0 Å². The van der Waals surface area contributed by atoms with Crippen LogP contribution in [0.25, 0.3) is 11.4 Å². The van der Waals surface area contributed by atoms with Crippen LogP contribution in [0.5, 0.6) is 0 Å². The lowest BCUT2D eigenvalue weighted by Gasteiger charge is -2.38. The summed E-state index contributed by atoms with van der Waals surface area (Å²) in [7, 11) is 0. The van der Waals surface area contributed by atoms with Crippen molar-refractivity contribution in [1.82, 2.24) is 19.9 Å². The van der Waals surface area contributed by atoms with Gasteiger partial charge in [-0.2, -0.15) is 15.0 Å². The second kappa shape index (κ2) is 8.28. The first-order valence-electron chi connectivity index (χ1n) is 11.6. The summed E-state index contributed by atoms with van der Waals surface area (Å²) in [4.78, 5) is 22.7. The van der Waals surface area contributed by atoms with Crippen molar-refractivity contribution >= 4 is 17.7 Å². The summed E-state index contributed by atoms with van der Waals surface area (Å²) in [6.07, 6.45) is 3.80. The molecule has 11 heteroatoms. The molecule has 5 aliphatic rings. The maximum absolute atomic E-state index is 13.9. The molecule has 0 radical (unpaired) electrons. The molecule has 5 fully saturated rings. The molecule has 0 saturated carbocycles. The first-order valence-corrected chi connectivity index (χ1v) is 11.6. The standard InChI is InChI=1S/C22H27F2N7O2/c23-19(24)16-6-18(25)26-7-17(16)20-27-21(30-8-15-3-1-2-12(30)11-33-15)29-22(28-20)31-13-4-5-14(31)10-32-9-13/h6-7,12-15,19H,1-5,8-11H2,(H2,25,26). The van der Waals surface area contributed by atoms with Crippen molar-refractivity contribution < 1.29 is 18.3 Å². The number of hydrogen-bond donors (Lipinski definition) is 1. The SMILES string of the molecule is Nc1cc(C(F)F)c(-c2nc(N3CC4CCCC3CO4)nc(N3C4CCC3COC4)n2)cn1. The van der Waals surface area contributed by atoms with E-state index in [0.29, 0.717) is 38.3 Å². The van der Waals surface area contributed by atoms with Crippen molar-refractivity contribution in [3.8, 4) is 11.4 Å². The summed E-state index contributed by atoms with van der Waals surface area (Å²) in [5.41, 5.74) is 5.65. The third-order valence-corrected chi connectivity index (χ3v) is 7.20. The number of ether oxygens (including phenoxy) is 2. The van der Waals surface area contributed by atoms with E-state index in [9.17, 15) is 8.78 Å². The van der Waals surface area contributed by atoms with Crippen molar-refractivity contribution in [2.24, 2.45) is 0 Å². The molecule has 0 aliphatic carbocycles. The summed E-state index contributed by atoms with van der Waals surface area (Å²) >= 11 is 0. The normalized spacial score (nSPS) is 29.1. The topological polar surface area (TPSA) is 103 Å². The number of rotatable bonds is 4. The Bertz CT molecular complexity index is 1020. The van der Waals surface area contributed by atoms with E-state index < -0.39 is 6.43 Å². The number of hydrogen-bond acceptors (Lipinski definition) is 9. The number of nitrogen functional groups attached to an aromatic ring is 1. The van der Waals surface area contributed by atoms with Gasteiger partial charge in [-0.15, -0.1) is 0 Å². The summed E-state index contributed by atoms with van der Waals surface area (Å²) in [5, 5.41) is 0. The number of fused-ring (bicyclic) bond motifs is 6. The van der Waals surface area contributed by atoms with Gasteiger partial charge in [0.1, 0.15) is 5.82 Å². The van der Waals surface area contributed by atoms with Gasteiger partial charge in [-0.05, 0) is 38.2 Å². The molecule has 4 unspecified atom stereocenters. The molecular formula is C22H27F2N7O2. The fourth-order valence-electron chi connectivity index (χ4n) is 5.53. The van der Waals surface area contributed by atoms with Crippen LogP contribution in [0.4, 0.5) is 26.5 Å². The lowest BCUT2D eigenvalue weighted by atomic mass is 10.1. The molecule has 33 heavy (non-hydrogen) atoms. The maximum atomic E-state index is 13.9. The Morgan fingerprint density at radius 3 is 2.55 bits per heavy atom. The van der Waals surface area contributed by atoms with E-state index in [1.165, 1.54) is 12.3 Å². The number of nitrogens with zero attached hydrogens (tertiary/aromatic N) is 6. The minimum Gasteiger partial charge on any atom is -0.384 e. The molecule has 4 atom stereocenters. The first kappa shape index (κ1) is 20.9. The van der Waals surface area contributed by atoms with Gasteiger partial charge in [0.2, 0.25) is 11.9 Å². The van der Waals surface area contributed by atoms with Gasteiger partial charge in [-0.1, -0.05) is 0 Å². The van der Waals surface area contributed by atoms with Crippen molar-refractivity contribution in [3.63, 3.8) is 0 Å². The van der Waals surface area contributed by atoms with Crippen molar-refractivity contribution in [1.29, 1.82) is 0 Å². The summed E-state index contributed by atoms with van der Waals surface area (Å²) in [5.74, 6) is 1.27. The van der Waals surface area contributed by atoms with Gasteiger partial charge in [0.15, 0.2) is 5.82 Å². The zero-order valence-electron chi connectivity index (χ0n) is 18.2. The maximum Gasteiger partial charge on any atom is 0.264 e. The van der Waals surface area contributed by atoms with Crippen LogP contribution in [0.1, 0.15) is 44.1 Å². The molecule has 0 spiro atoms. The molecule has 2 aromatic heterocycles. The molecule has 7 heterocycles. The van der Waals surface area contributed by atoms with Crippen LogP contribution in [0, 0.1) is 0 Å². The van der Waals surface area contributed by atoms with Crippen LogP contribution in [0.2, 0.25) is 0 Å². The molecule has 4 bridgehead atoms. The van der Waals surface area contributed by atoms with Gasteiger partial charge >= 0.3 is 0 Å². The molecule has 5 aliphatic heterocycles. The Morgan fingerprint density at radius 2 is 1.76 bits per heavy atom. The van der Waals surface area contributed by atoms with Crippen molar-refractivity contribution in [2.45, 2.75) is 62.8 Å². The van der Waals surface area contributed by atoms with E-state index in [2.05, 4.69) is 14.8 Å². The zero-order valence-corrected chi connectivity index (χ0v) is 18.2. The number of morpholine rings is 2. The Morgan fingerprint density at radius 1 is 0.970 bits per heavy atom. The Hall–Kier alpha value is -2.66. The van der Waals surface area contributed by atoms with Gasteiger partial charge in [0.25, 0.3) is 6.43 Å². The number of pyridine rings is 1. The number of anilines is 3. The first-order chi connectivity index (χ1) is 16.1. The second-order valence-corrected chi connectivity index (χ2v) is 9.28. The quantitative estimate of drug-likeness (QED) is 0.739. The van der Waals surface area contributed by atoms with Crippen LogP contribution >= 0.6 is 0 Å². The minimum atomic E-state index is -2.73. The van der Waals surface area contributed by atoms with Crippen molar-refractivity contribution in [2.75, 3.05) is 41.9 Å². The molecule has 0 amide bonds. The zero-order chi connectivity index (χ0) is 22.5. The average Bonchev–Trinajstić information content (AvgIpc) is 3.04. The summed E-state index contributed by atoms with van der Waals surface area (Å²) < 4.78 is 39.5. The summed E-state index contributed by atoms with van der Waals surface area (Å²) in [6, 6.07) is 1.71. The smallest absolute Gasteiger partial charge is 0.264 e. The molecule has 5 saturated heterocycles. The summed E-state index contributed by atoms with van der Waals surface area (Å²) in [6.45, 7) is 2.53. The van der Waals surface area contributed by atoms with Crippen LogP contribution in [-0.2, 0) is 9.47 Å². The third-order valence-electron chi connectivity index (χ3n) is 7.20. The lowest BCUT2D eigenvalue weighted by molar-refractivity contribution is 0.0301. The Labute approximate surface area is 190 Å². The predicted molar refractivity (Wildman–Crippen MR) is 117 cm³/mol. The highest BCUT2D eigenvalue weighted by Gasteiger charge is 2.40. The number of halogens is 2. The van der Waals surface area contributed by atoms with Crippen molar-refractivity contribution in [3.05, 3.63) is 17.8 Å². The average molecular weight is 460 g/mol. The van der Waals surface area contributed by atoms with Gasteiger partial charge < -0.3 is 25.0 Å². The monoisotopic (exact) mass is 459 g/mol. The highest BCUT2D eigenvalue weighted by molar-refractivity contribution is 5.64. The fourth-order valence-corrected chi connectivity index (χ4v) is 5.53. The predicted octanol–water partition coefficient (Wildman–Crippen LogP) is 2.58. The van der Waals surface area contributed by atoms with E-state index in [1.54, 1.807) is 0 Å².